The number of allylic oxidation sites excluding steroid dienone is 1. The van der Waals surface area contributed by atoms with Crippen LogP contribution >= 0.6 is 0 Å². The number of hydrogen-bond acceptors (Lipinski definition) is 3. The number of halogens is 4. The Hall–Kier alpha value is -2.39. The average Bonchev–Trinajstić information content (AvgIpc) is 3.55. The van der Waals surface area contributed by atoms with Gasteiger partial charge in [-0.2, -0.15) is 0 Å². The number of nitrogens with one attached hydrogen (secondary N) is 2. The first-order valence-electron chi connectivity index (χ1n) is 12.0. The Morgan fingerprint density at radius 1 is 1.19 bits per heavy atom. The molecule has 2 saturated carbocycles. The van der Waals surface area contributed by atoms with Crippen molar-refractivity contribution in [2.24, 2.45) is 17.3 Å². The van der Waals surface area contributed by atoms with Gasteiger partial charge >= 0.3 is 0 Å². The molecular weight excluding hydrogens is 492 g/mol. The highest BCUT2D eigenvalue weighted by Crippen LogP contribution is 2.63. The molecule has 2 aliphatic carbocycles. The Bertz CT molecular complexity index is 1240. The molecule has 0 saturated heterocycles. The van der Waals surface area contributed by atoms with Gasteiger partial charge in [-0.25, -0.2) is 30.7 Å². The topological polar surface area (TPSA) is 58.2 Å². The molecule has 0 aromatic heterocycles. The summed E-state index contributed by atoms with van der Waals surface area (Å²) in [4.78, 5) is 0. The number of rotatable bonds is 10. The monoisotopic (exact) mass is 528 g/mol. The molecule has 9 heteroatoms. The zero-order valence-corrected chi connectivity index (χ0v) is 21.3. The molecule has 2 aliphatic rings. The largest absolute Gasteiger partial charge is 0.385 e. The molecule has 200 valence electrons. The van der Waals surface area contributed by atoms with Crippen LogP contribution in [0.4, 0.5) is 17.6 Å². The third-order valence-corrected chi connectivity index (χ3v) is 8.31. The van der Waals surface area contributed by atoms with Crippen molar-refractivity contribution < 1.29 is 28.8 Å². The molecule has 0 radical (unpaired) electrons. The lowest BCUT2D eigenvalue weighted by Crippen LogP contribution is -2.45. The number of alkyl halides is 2. The van der Waals surface area contributed by atoms with Gasteiger partial charge in [-0.15, -0.1) is 0 Å². The Balaban J connectivity index is 0.00000253. The van der Waals surface area contributed by atoms with Crippen molar-refractivity contribution in [2.45, 2.75) is 51.2 Å². The summed E-state index contributed by atoms with van der Waals surface area (Å²) >= 11 is 0. The van der Waals surface area contributed by atoms with Crippen LogP contribution in [0.2, 0.25) is 0 Å². The molecule has 2 N–H and O–H groups in total. The lowest BCUT2D eigenvalue weighted by atomic mass is 9.84. The van der Waals surface area contributed by atoms with E-state index in [1.54, 1.807) is 30.3 Å². The highest BCUT2D eigenvalue weighted by atomic mass is 32.2. The summed E-state index contributed by atoms with van der Waals surface area (Å²) in [6.45, 7) is 6.93. The van der Waals surface area contributed by atoms with Gasteiger partial charge in [0.05, 0.1) is 0 Å². The standard InChI is InChI=1S/C27H32F4N2O2S.2H2/c1-17(32-15-26(2,3)31)23-14-27(9-10-27)25(33-36(34,35)16-28)22(23)12-19-11-20(29)13-21(24(19)30)18-7-5-4-6-8-18;;/h4-8,11,13,22-23,25,32-33H,1,9-10,12,14-16H2,2-3H3;2*1H/t22-,23?,25-;;/m1../s1. The van der Waals surface area contributed by atoms with Crippen LogP contribution in [0, 0.1) is 28.9 Å². The SMILES string of the molecule is C=C(NCC(C)(C)F)C1CC2(CC2)[C@H](NS(=O)(=O)CF)[C@@H]1Cc1cc(F)cc(-c2ccccc2)c1F.[HH].[HH]. The van der Waals surface area contributed by atoms with Crippen molar-refractivity contribution in [1.29, 1.82) is 0 Å². The molecule has 2 fully saturated rings. The van der Waals surface area contributed by atoms with E-state index in [-0.39, 0.29) is 32.9 Å². The summed E-state index contributed by atoms with van der Waals surface area (Å²) in [5.74, 6) is -2.08. The van der Waals surface area contributed by atoms with Crippen molar-refractivity contribution in [1.82, 2.24) is 10.0 Å². The van der Waals surface area contributed by atoms with Crippen LogP contribution in [0.3, 0.4) is 0 Å². The Labute approximate surface area is 213 Å². The van der Waals surface area contributed by atoms with Gasteiger partial charge in [0.15, 0.2) is 0 Å². The molecule has 4 rings (SSSR count). The van der Waals surface area contributed by atoms with Crippen LogP contribution in [-0.4, -0.2) is 32.7 Å². The maximum absolute atomic E-state index is 15.7. The second-order valence-electron chi connectivity index (χ2n) is 10.8. The van der Waals surface area contributed by atoms with E-state index in [1.807, 2.05) is 0 Å². The third kappa shape index (κ3) is 5.78. The van der Waals surface area contributed by atoms with Crippen molar-refractivity contribution in [3.05, 3.63) is 71.9 Å². The van der Waals surface area contributed by atoms with Crippen LogP contribution in [0.1, 0.15) is 41.5 Å². The molecule has 2 aromatic carbocycles. The summed E-state index contributed by atoms with van der Waals surface area (Å²) in [6, 6.07) is 8.61. The summed E-state index contributed by atoms with van der Waals surface area (Å²) < 4.78 is 84.8. The minimum atomic E-state index is -4.21. The van der Waals surface area contributed by atoms with E-state index < -0.39 is 50.7 Å². The highest BCUT2D eigenvalue weighted by Gasteiger charge is 2.61. The van der Waals surface area contributed by atoms with E-state index >= 15 is 4.39 Å². The fourth-order valence-corrected chi connectivity index (χ4v) is 6.36. The molecule has 3 atom stereocenters. The molecular formula is C27H36F4N2O2S. The molecule has 0 heterocycles. The van der Waals surface area contributed by atoms with E-state index in [0.717, 1.165) is 25.0 Å². The van der Waals surface area contributed by atoms with Crippen LogP contribution in [0.25, 0.3) is 11.1 Å². The Morgan fingerprint density at radius 3 is 2.44 bits per heavy atom. The van der Waals surface area contributed by atoms with Gasteiger partial charge < -0.3 is 5.32 Å². The van der Waals surface area contributed by atoms with E-state index in [4.69, 9.17) is 0 Å². The summed E-state index contributed by atoms with van der Waals surface area (Å²) in [5.41, 5.74) is -0.687. The van der Waals surface area contributed by atoms with Crippen molar-refractivity contribution >= 4 is 10.0 Å². The molecule has 2 aromatic rings. The Morgan fingerprint density at radius 2 is 1.86 bits per heavy atom. The van der Waals surface area contributed by atoms with E-state index in [2.05, 4.69) is 16.6 Å². The fraction of sp³-hybridized carbons (Fsp3) is 0.481. The van der Waals surface area contributed by atoms with Crippen LogP contribution < -0.4 is 10.0 Å². The molecule has 0 aliphatic heterocycles. The maximum atomic E-state index is 15.7. The maximum Gasteiger partial charge on any atom is 0.241 e. The van der Waals surface area contributed by atoms with Gasteiger partial charge in [0.25, 0.3) is 0 Å². The van der Waals surface area contributed by atoms with Gasteiger partial charge in [-0.1, -0.05) is 36.9 Å². The first kappa shape index (κ1) is 26.7. The molecule has 0 amide bonds. The highest BCUT2D eigenvalue weighted by molar-refractivity contribution is 7.89. The molecule has 1 spiro atoms. The van der Waals surface area contributed by atoms with Gasteiger partial charge in [-0.3, -0.25) is 0 Å². The van der Waals surface area contributed by atoms with E-state index in [1.165, 1.54) is 13.8 Å². The number of hydrogen-bond donors (Lipinski definition) is 2. The quantitative estimate of drug-likeness (QED) is 0.364. The number of benzene rings is 2. The second kappa shape index (κ2) is 9.82. The van der Waals surface area contributed by atoms with E-state index in [9.17, 15) is 21.6 Å². The Kier molecular flexibility index (Phi) is 7.27. The third-order valence-electron chi connectivity index (χ3n) is 7.41. The smallest absolute Gasteiger partial charge is 0.241 e. The van der Waals surface area contributed by atoms with Crippen LogP contribution in [0.5, 0.6) is 0 Å². The number of sulfonamides is 1. The molecule has 36 heavy (non-hydrogen) atoms. The lowest BCUT2D eigenvalue weighted by Gasteiger charge is -2.29. The van der Waals surface area contributed by atoms with Crippen molar-refractivity contribution in [3.8, 4) is 11.1 Å². The predicted octanol–water partition coefficient (Wildman–Crippen LogP) is 6.15. The summed E-state index contributed by atoms with van der Waals surface area (Å²) in [7, 11) is -4.21. The van der Waals surface area contributed by atoms with Crippen LogP contribution in [-0.2, 0) is 16.4 Å². The van der Waals surface area contributed by atoms with E-state index in [0.29, 0.717) is 17.7 Å². The molecule has 4 nitrogen and oxygen atoms in total. The summed E-state index contributed by atoms with van der Waals surface area (Å²) in [5, 5.41) is 3.02. The second-order valence-corrected chi connectivity index (χ2v) is 12.4. The van der Waals surface area contributed by atoms with Gasteiger partial charge in [0.1, 0.15) is 17.3 Å². The average molecular weight is 529 g/mol. The van der Waals surface area contributed by atoms with Gasteiger partial charge in [0, 0.05) is 32.6 Å². The first-order valence-corrected chi connectivity index (χ1v) is 13.7. The lowest BCUT2D eigenvalue weighted by molar-refractivity contribution is 0.211. The van der Waals surface area contributed by atoms with Gasteiger partial charge in [-0.05, 0) is 74.1 Å². The predicted molar refractivity (Wildman–Crippen MR) is 137 cm³/mol. The first-order chi connectivity index (χ1) is 16.8. The minimum Gasteiger partial charge on any atom is -0.385 e. The molecule has 1 unspecified atom stereocenters. The van der Waals surface area contributed by atoms with Crippen molar-refractivity contribution in [2.75, 3.05) is 12.6 Å². The van der Waals surface area contributed by atoms with Crippen molar-refractivity contribution in [3.63, 3.8) is 0 Å². The normalized spacial score (nSPS) is 23.1. The minimum absolute atomic E-state index is 0. The molecule has 0 bridgehead atoms. The zero-order valence-electron chi connectivity index (χ0n) is 20.5. The van der Waals surface area contributed by atoms with Crippen LogP contribution in [0.15, 0.2) is 54.7 Å². The fourth-order valence-electron chi connectivity index (χ4n) is 5.49. The zero-order chi connectivity index (χ0) is 26.3. The van der Waals surface area contributed by atoms with Gasteiger partial charge in [0.2, 0.25) is 16.0 Å². The summed E-state index contributed by atoms with van der Waals surface area (Å²) in [6.07, 6.45) is 2.00.